The van der Waals surface area contributed by atoms with Gasteiger partial charge in [-0.1, -0.05) is 12.1 Å². The molecule has 9 nitrogen and oxygen atoms in total. The number of pyridine rings is 1. The fourth-order valence-electron chi connectivity index (χ4n) is 5.51. The number of imidazole rings is 1. The Morgan fingerprint density at radius 2 is 1.82 bits per heavy atom. The van der Waals surface area contributed by atoms with E-state index >= 15 is 0 Å². The van der Waals surface area contributed by atoms with Crippen LogP contribution in [0.4, 0.5) is 24.5 Å². The zero-order chi connectivity index (χ0) is 27.1. The Hall–Kier alpha value is -4.22. The predicted octanol–water partition coefficient (Wildman–Crippen LogP) is 3.54. The van der Waals surface area contributed by atoms with Crippen LogP contribution in [0.1, 0.15) is 23.9 Å². The summed E-state index contributed by atoms with van der Waals surface area (Å²) < 4.78 is 40.5. The standard InChI is InChI=1S/C27H27F3N8O/c1-18-14-36(10-11-38(18)24(39)16-37-17-34-22-5-3-8-31-25(22)37)23-6-2-4-19-7-9-35(15-21(19)23)20-12-32-26(33-13-20)27(28,29)30/h2-6,8,12-13,17-18H,7,9-11,14-16H2,1H3. The fourth-order valence-corrected chi connectivity index (χ4v) is 5.51. The van der Waals surface area contributed by atoms with Crippen molar-refractivity contribution in [2.45, 2.75) is 38.7 Å². The second kappa shape index (κ2) is 9.83. The summed E-state index contributed by atoms with van der Waals surface area (Å²) >= 11 is 0. The van der Waals surface area contributed by atoms with Crippen molar-refractivity contribution in [2.24, 2.45) is 0 Å². The van der Waals surface area contributed by atoms with Crippen molar-refractivity contribution >= 4 is 28.4 Å². The quantitative estimate of drug-likeness (QED) is 0.395. The van der Waals surface area contributed by atoms with Crippen molar-refractivity contribution in [1.29, 1.82) is 0 Å². The Kier molecular flexibility index (Phi) is 6.32. The van der Waals surface area contributed by atoms with Crippen LogP contribution < -0.4 is 9.80 Å². The minimum absolute atomic E-state index is 0.00661. The maximum Gasteiger partial charge on any atom is 0.451 e. The maximum absolute atomic E-state index is 13.2. The highest BCUT2D eigenvalue weighted by Gasteiger charge is 2.35. The highest BCUT2D eigenvalue weighted by atomic mass is 19.4. The first-order valence-corrected chi connectivity index (χ1v) is 12.8. The van der Waals surface area contributed by atoms with Crippen molar-refractivity contribution in [3.05, 3.63) is 72.2 Å². The molecule has 1 unspecified atom stereocenters. The Bertz CT molecular complexity index is 1500. The summed E-state index contributed by atoms with van der Waals surface area (Å²) in [6.07, 6.45) is 2.04. The molecule has 1 amide bonds. The average molecular weight is 537 g/mol. The number of carbonyl (C=O) groups excluding carboxylic acids is 1. The number of rotatable bonds is 4. The van der Waals surface area contributed by atoms with Gasteiger partial charge >= 0.3 is 6.18 Å². The maximum atomic E-state index is 13.2. The minimum atomic E-state index is -4.57. The van der Waals surface area contributed by atoms with Gasteiger partial charge in [0, 0.05) is 50.6 Å². The van der Waals surface area contributed by atoms with Gasteiger partial charge in [0.15, 0.2) is 5.65 Å². The van der Waals surface area contributed by atoms with Crippen LogP contribution in [0, 0.1) is 0 Å². The summed E-state index contributed by atoms with van der Waals surface area (Å²) in [5.74, 6) is -1.11. The zero-order valence-electron chi connectivity index (χ0n) is 21.3. The lowest BCUT2D eigenvalue weighted by Gasteiger charge is -2.43. The molecule has 0 saturated carbocycles. The molecule has 39 heavy (non-hydrogen) atoms. The second-order valence-electron chi connectivity index (χ2n) is 9.95. The lowest BCUT2D eigenvalue weighted by atomic mass is 9.96. The molecule has 5 heterocycles. The molecule has 3 aromatic heterocycles. The Morgan fingerprint density at radius 3 is 2.59 bits per heavy atom. The lowest BCUT2D eigenvalue weighted by molar-refractivity contribution is -0.145. The third kappa shape index (κ3) is 4.86. The third-order valence-corrected chi connectivity index (χ3v) is 7.47. The molecule has 1 fully saturated rings. The van der Waals surface area contributed by atoms with Crippen LogP contribution in [0.25, 0.3) is 11.2 Å². The first-order chi connectivity index (χ1) is 18.8. The average Bonchev–Trinajstić information content (AvgIpc) is 3.34. The van der Waals surface area contributed by atoms with Gasteiger partial charge < -0.3 is 19.3 Å². The van der Waals surface area contributed by atoms with Gasteiger partial charge in [0.2, 0.25) is 11.7 Å². The fraction of sp³-hybridized carbons (Fsp3) is 0.370. The molecule has 2 aliphatic rings. The van der Waals surface area contributed by atoms with Crippen LogP contribution >= 0.6 is 0 Å². The number of alkyl halides is 3. The largest absolute Gasteiger partial charge is 0.451 e. The molecule has 4 aromatic rings. The van der Waals surface area contributed by atoms with Gasteiger partial charge in [-0.15, -0.1) is 0 Å². The number of aromatic nitrogens is 5. The number of hydrogen-bond donors (Lipinski definition) is 0. The lowest BCUT2D eigenvalue weighted by Crippen LogP contribution is -2.55. The molecule has 202 valence electrons. The Labute approximate surface area is 222 Å². The van der Waals surface area contributed by atoms with Gasteiger partial charge in [0.05, 0.1) is 24.4 Å². The van der Waals surface area contributed by atoms with Crippen molar-refractivity contribution in [1.82, 2.24) is 29.4 Å². The van der Waals surface area contributed by atoms with Crippen LogP contribution in [0.3, 0.4) is 0 Å². The highest BCUT2D eigenvalue weighted by molar-refractivity contribution is 5.79. The molecular formula is C27H27F3N8O. The monoisotopic (exact) mass is 536 g/mol. The summed E-state index contributed by atoms with van der Waals surface area (Å²) in [5.41, 5.74) is 5.47. The summed E-state index contributed by atoms with van der Waals surface area (Å²) in [6.45, 7) is 5.39. The van der Waals surface area contributed by atoms with E-state index in [1.807, 2.05) is 28.0 Å². The van der Waals surface area contributed by atoms with E-state index in [4.69, 9.17) is 0 Å². The molecule has 0 N–H and O–H groups in total. The Morgan fingerprint density at radius 1 is 1.00 bits per heavy atom. The molecule has 12 heteroatoms. The van der Waals surface area contributed by atoms with Crippen molar-refractivity contribution in [3.63, 3.8) is 0 Å². The summed E-state index contributed by atoms with van der Waals surface area (Å²) in [6, 6.07) is 9.92. The molecule has 0 radical (unpaired) electrons. The van der Waals surface area contributed by atoms with Gasteiger partial charge in [0.1, 0.15) is 12.1 Å². The highest BCUT2D eigenvalue weighted by Crippen LogP contribution is 2.33. The molecular weight excluding hydrogens is 509 g/mol. The predicted molar refractivity (Wildman–Crippen MR) is 139 cm³/mol. The van der Waals surface area contributed by atoms with Gasteiger partial charge in [-0.3, -0.25) is 4.79 Å². The van der Waals surface area contributed by atoms with Crippen molar-refractivity contribution in [3.8, 4) is 0 Å². The smallest absolute Gasteiger partial charge is 0.367 e. The minimum Gasteiger partial charge on any atom is -0.367 e. The summed E-state index contributed by atoms with van der Waals surface area (Å²) in [7, 11) is 0. The number of benzene rings is 1. The molecule has 0 spiro atoms. The van der Waals surface area contributed by atoms with E-state index in [0.717, 1.165) is 23.2 Å². The van der Waals surface area contributed by atoms with E-state index in [-0.39, 0.29) is 18.5 Å². The molecule has 1 saturated heterocycles. The molecule has 0 bridgehead atoms. The van der Waals surface area contributed by atoms with Crippen LogP contribution in [0.15, 0.2) is 55.2 Å². The number of piperazine rings is 1. The van der Waals surface area contributed by atoms with Crippen molar-refractivity contribution < 1.29 is 18.0 Å². The van der Waals surface area contributed by atoms with Crippen LogP contribution in [0.5, 0.6) is 0 Å². The van der Waals surface area contributed by atoms with Crippen LogP contribution in [-0.4, -0.2) is 67.5 Å². The number of amides is 1. The topological polar surface area (TPSA) is 83.3 Å². The molecule has 1 aromatic carbocycles. The third-order valence-electron chi connectivity index (χ3n) is 7.47. The van der Waals surface area contributed by atoms with Gasteiger partial charge in [-0.25, -0.2) is 19.9 Å². The van der Waals surface area contributed by atoms with Crippen LogP contribution in [-0.2, 0) is 30.5 Å². The van der Waals surface area contributed by atoms with Gasteiger partial charge in [-0.05, 0) is 42.7 Å². The van der Waals surface area contributed by atoms with Gasteiger partial charge in [0.25, 0.3) is 0 Å². The van der Waals surface area contributed by atoms with E-state index in [2.05, 4.69) is 43.9 Å². The summed E-state index contributed by atoms with van der Waals surface area (Å²) in [5, 5.41) is 0. The number of anilines is 2. The van der Waals surface area contributed by atoms with E-state index in [1.54, 1.807) is 17.1 Å². The van der Waals surface area contributed by atoms with E-state index < -0.39 is 12.0 Å². The zero-order valence-corrected chi connectivity index (χ0v) is 21.3. The normalized spacial score (nSPS) is 17.9. The van der Waals surface area contributed by atoms with Crippen LogP contribution in [0.2, 0.25) is 0 Å². The van der Waals surface area contributed by atoms with Gasteiger partial charge in [-0.2, -0.15) is 13.2 Å². The Balaban J connectivity index is 1.16. The number of hydrogen-bond acceptors (Lipinski definition) is 7. The first kappa shape index (κ1) is 25.1. The number of carbonyl (C=O) groups is 1. The van der Waals surface area contributed by atoms with E-state index in [0.29, 0.717) is 44.1 Å². The number of fused-ring (bicyclic) bond motifs is 2. The molecule has 1 atom stereocenters. The molecule has 0 aliphatic carbocycles. The second-order valence-corrected chi connectivity index (χ2v) is 9.95. The van der Waals surface area contributed by atoms with Crippen molar-refractivity contribution in [2.75, 3.05) is 36.0 Å². The SMILES string of the molecule is CC1CN(c2cccc3c2CN(c2cnc(C(F)(F)F)nc2)CC3)CCN1C(=O)Cn1cnc2cccnc21. The first-order valence-electron chi connectivity index (χ1n) is 12.8. The molecule has 2 aliphatic heterocycles. The summed E-state index contributed by atoms with van der Waals surface area (Å²) in [4.78, 5) is 35.2. The number of nitrogens with zero attached hydrogens (tertiary/aromatic N) is 8. The van der Waals surface area contributed by atoms with E-state index in [9.17, 15) is 18.0 Å². The number of halogens is 3. The molecule has 6 rings (SSSR count). The van der Waals surface area contributed by atoms with E-state index in [1.165, 1.54) is 18.0 Å².